The number of nitrogens with one attached hydrogen (secondary N) is 2. The fourth-order valence-corrected chi connectivity index (χ4v) is 2.38. The third kappa shape index (κ3) is 2.81. The normalized spacial score (nSPS) is 13.9. The highest BCUT2D eigenvalue weighted by atomic mass is 35.5. The summed E-state index contributed by atoms with van der Waals surface area (Å²) in [4.78, 5) is 18.4. The molecule has 0 unspecified atom stereocenters. The Bertz CT molecular complexity index is 923. The number of anilines is 2. The lowest BCUT2D eigenvalue weighted by atomic mass is 10.3. The van der Waals surface area contributed by atoms with E-state index in [0.717, 1.165) is 18.5 Å². The van der Waals surface area contributed by atoms with Crippen LogP contribution < -0.4 is 5.32 Å². The number of rotatable bonds is 5. The van der Waals surface area contributed by atoms with Crippen LogP contribution in [0.3, 0.4) is 0 Å². The number of hydrogen-bond donors (Lipinski definition) is 2. The Hall–Kier alpha value is -2.94. The van der Waals surface area contributed by atoms with E-state index in [0.29, 0.717) is 22.6 Å². The number of H-pyrrole nitrogens is 1. The van der Waals surface area contributed by atoms with Gasteiger partial charge in [0.1, 0.15) is 9.95 Å². The molecule has 1 aliphatic rings. The SMILES string of the molecule is O=[N+]([O-])c1ccc(-c2ncc(Cl)c(Nc3cc(C4CC4)[nH]n3)n2)o1.[HH]. The van der Waals surface area contributed by atoms with Gasteiger partial charge < -0.3 is 9.73 Å². The van der Waals surface area contributed by atoms with Gasteiger partial charge in [-0.1, -0.05) is 11.6 Å². The van der Waals surface area contributed by atoms with E-state index in [1.54, 1.807) is 0 Å². The lowest BCUT2D eigenvalue weighted by Crippen LogP contribution is -1.98. The Morgan fingerprint density at radius 3 is 3.00 bits per heavy atom. The maximum atomic E-state index is 10.7. The van der Waals surface area contributed by atoms with Gasteiger partial charge in [0.15, 0.2) is 23.2 Å². The summed E-state index contributed by atoms with van der Waals surface area (Å²) in [5.74, 6) is 1.48. The van der Waals surface area contributed by atoms with Gasteiger partial charge in [-0.2, -0.15) is 5.10 Å². The molecule has 1 saturated carbocycles. The van der Waals surface area contributed by atoms with Crippen molar-refractivity contribution in [3.8, 4) is 11.6 Å². The maximum absolute atomic E-state index is 10.7. The summed E-state index contributed by atoms with van der Waals surface area (Å²) in [5, 5.41) is 21.2. The van der Waals surface area contributed by atoms with Crippen LogP contribution in [0.2, 0.25) is 5.02 Å². The summed E-state index contributed by atoms with van der Waals surface area (Å²) in [7, 11) is 0. The van der Waals surface area contributed by atoms with Crippen molar-refractivity contribution in [1.29, 1.82) is 0 Å². The molecule has 1 aliphatic carbocycles. The van der Waals surface area contributed by atoms with Crippen LogP contribution in [0.5, 0.6) is 0 Å². The van der Waals surface area contributed by atoms with Crippen LogP contribution >= 0.6 is 11.6 Å². The van der Waals surface area contributed by atoms with Gasteiger partial charge in [0.2, 0.25) is 0 Å². The van der Waals surface area contributed by atoms with Crippen molar-refractivity contribution in [3.05, 3.63) is 45.2 Å². The second-order valence-corrected chi connectivity index (χ2v) is 5.80. The second-order valence-electron chi connectivity index (χ2n) is 5.39. The van der Waals surface area contributed by atoms with E-state index in [2.05, 4.69) is 25.5 Å². The van der Waals surface area contributed by atoms with Crippen LogP contribution in [0.1, 0.15) is 25.9 Å². The molecular weight excluding hydrogens is 336 g/mol. The Balaban J connectivity index is 0.00000182. The highest BCUT2D eigenvalue weighted by Gasteiger charge is 2.25. The monoisotopic (exact) mass is 348 g/mol. The number of hydrogen-bond acceptors (Lipinski definition) is 7. The number of halogens is 1. The van der Waals surface area contributed by atoms with E-state index in [1.165, 1.54) is 18.3 Å². The molecule has 3 heterocycles. The molecule has 10 heteroatoms. The molecule has 3 aromatic rings. The molecule has 9 nitrogen and oxygen atoms in total. The van der Waals surface area contributed by atoms with Crippen molar-refractivity contribution in [1.82, 2.24) is 20.2 Å². The molecule has 0 atom stereocenters. The Morgan fingerprint density at radius 1 is 1.46 bits per heavy atom. The lowest BCUT2D eigenvalue weighted by molar-refractivity contribution is -0.401. The number of aromatic amines is 1. The van der Waals surface area contributed by atoms with E-state index >= 15 is 0 Å². The summed E-state index contributed by atoms with van der Waals surface area (Å²) in [6, 6.07) is 4.59. The predicted octanol–water partition coefficient (Wildman–Crippen LogP) is 3.89. The van der Waals surface area contributed by atoms with Crippen LogP contribution in [0.25, 0.3) is 11.6 Å². The Kier molecular flexibility index (Phi) is 3.42. The average Bonchev–Trinajstić information content (AvgIpc) is 3.10. The molecule has 124 valence electrons. The molecule has 0 bridgehead atoms. The molecule has 4 rings (SSSR count). The zero-order valence-electron chi connectivity index (χ0n) is 12.2. The van der Waals surface area contributed by atoms with E-state index in [9.17, 15) is 10.1 Å². The molecule has 0 aromatic carbocycles. The van der Waals surface area contributed by atoms with Crippen molar-refractivity contribution in [2.45, 2.75) is 18.8 Å². The number of nitro groups is 1. The van der Waals surface area contributed by atoms with Crippen molar-refractivity contribution >= 4 is 29.1 Å². The van der Waals surface area contributed by atoms with Crippen LogP contribution in [0, 0.1) is 10.1 Å². The molecular formula is C14H13ClN6O3. The van der Waals surface area contributed by atoms with E-state index in [-0.39, 0.29) is 18.9 Å². The zero-order chi connectivity index (χ0) is 16.7. The first-order valence-electron chi connectivity index (χ1n) is 7.19. The molecule has 0 saturated heterocycles. The largest absolute Gasteiger partial charge is 0.433 e. The summed E-state index contributed by atoms with van der Waals surface area (Å²) in [6.45, 7) is 0. The van der Waals surface area contributed by atoms with Gasteiger partial charge in [-0.05, 0) is 18.9 Å². The van der Waals surface area contributed by atoms with E-state index in [4.69, 9.17) is 16.0 Å². The first kappa shape index (κ1) is 14.6. The van der Waals surface area contributed by atoms with Gasteiger partial charge in [0.25, 0.3) is 0 Å². The summed E-state index contributed by atoms with van der Waals surface area (Å²) < 4.78 is 5.10. The minimum Gasteiger partial charge on any atom is -0.397 e. The molecule has 1 fully saturated rings. The first-order valence-corrected chi connectivity index (χ1v) is 7.57. The number of furan rings is 1. The highest BCUT2D eigenvalue weighted by molar-refractivity contribution is 6.32. The molecule has 0 radical (unpaired) electrons. The fraction of sp³-hybridized carbons (Fsp3) is 0.214. The molecule has 24 heavy (non-hydrogen) atoms. The number of aromatic nitrogens is 4. The third-order valence-corrected chi connectivity index (χ3v) is 3.87. The van der Waals surface area contributed by atoms with Crippen LogP contribution in [0.4, 0.5) is 17.5 Å². The summed E-state index contributed by atoms with van der Waals surface area (Å²) in [6.07, 6.45) is 3.73. The van der Waals surface area contributed by atoms with Gasteiger partial charge in [-0.3, -0.25) is 15.2 Å². The lowest BCUT2D eigenvalue weighted by Gasteiger charge is -2.05. The average molecular weight is 349 g/mol. The van der Waals surface area contributed by atoms with Crippen molar-refractivity contribution in [2.75, 3.05) is 5.32 Å². The first-order chi connectivity index (χ1) is 11.6. The maximum Gasteiger partial charge on any atom is 0.433 e. The summed E-state index contributed by atoms with van der Waals surface area (Å²) in [5.41, 5.74) is 1.07. The van der Waals surface area contributed by atoms with Crippen LogP contribution in [-0.4, -0.2) is 25.1 Å². The van der Waals surface area contributed by atoms with Gasteiger partial charge in [0, 0.05) is 19.1 Å². The standard InChI is InChI=1S/C14H11ClN6O3.H2/c15-8-6-16-14(10-3-4-12(24-10)21(22)23)18-13(8)17-11-5-9(19-20-11)7-1-2-7;/h3-7H,1-2H2,(H2,16,17,18,19,20);1H. The molecule has 0 amide bonds. The van der Waals surface area contributed by atoms with E-state index in [1.807, 2.05) is 6.07 Å². The van der Waals surface area contributed by atoms with Crippen LogP contribution in [0.15, 0.2) is 28.8 Å². The van der Waals surface area contributed by atoms with E-state index < -0.39 is 4.92 Å². The van der Waals surface area contributed by atoms with Gasteiger partial charge in [0.05, 0.1) is 12.3 Å². The fourth-order valence-electron chi connectivity index (χ4n) is 2.24. The quantitative estimate of drug-likeness (QED) is 0.529. The van der Waals surface area contributed by atoms with Crippen molar-refractivity contribution in [2.24, 2.45) is 0 Å². The van der Waals surface area contributed by atoms with Gasteiger partial charge >= 0.3 is 5.88 Å². The van der Waals surface area contributed by atoms with Crippen molar-refractivity contribution in [3.63, 3.8) is 0 Å². The Labute approximate surface area is 141 Å². The third-order valence-electron chi connectivity index (χ3n) is 3.60. The van der Waals surface area contributed by atoms with Gasteiger partial charge in [-0.15, -0.1) is 0 Å². The predicted molar refractivity (Wildman–Crippen MR) is 87.4 cm³/mol. The molecule has 3 aromatic heterocycles. The smallest absolute Gasteiger partial charge is 0.397 e. The van der Waals surface area contributed by atoms with Crippen LogP contribution in [-0.2, 0) is 0 Å². The minimum absolute atomic E-state index is 0. The number of nitrogens with zero attached hydrogens (tertiary/aromatic N) is 4. The summed E-state index contributed by atoms with van der Waals surface area (Å²) >= 11 is 6.11. The molecule has 2 N–H and O–H groups in total. The molecule has 0 spiro atoms. The minimum atomic E-state index is -0.623. The highest BCUT2D eigenvalue weighted by Crippen LogP contribution is 2.39. The van der Waals surface area contributed by atoms with Gasteiger partial charge in [-0.25, -0.2) is 9.97 Å². The zero-order valence-corrected chi connectivity index (χ0v) is 12.9. The Morgan fingerprint density at radius 2 is 2.29 bits per heavy atom. The van der Waals surface area contributed by atoms with Crippen molar-refractivity contribution < 1.29 is 10.8 Å². The second kappa shape index (κ2) is 5.60. The topological polar surface area (TPSA) is 123 Å². The molecule has 0 aliphatic heterocycles.